The van der Waals surface area contributed by atoms with E-state index in [9.17, 15) is 9.59 Å². The van der Waals surface area contributed by atoms with Crippen LogP contribution in [0.15, 0.2) is 53.6 Å². The highest BCUT2D eigenvalue weighted by atomic mass is 16.1. The molecule has 3 N–H and O–H groups in total. The number of benzene rings is 1. The summed E-state index contributed by atoms with van der Waals surface area (Å²) in [4.78, 5) is 24.0. The van der Waals surface area contributed by atoms with Crippen molar-refractivity contribution in [1.29, 1.82) is 0 Å². The summed E-state index contributed by atoms with van der Waals surface area (Å²) in [5.74, 6) is -0.585. The van der Waals surface area contributed by atoms with Crippen LogP contribution < -0.4 is 11.1 Å². The molecule has 24 heavy (non-hydrogen) atoms. The predicted molar refractivity (Wildman–Crippen MR) is 100 cm³/mol. The monoisotopic (exact) mass is 326 g/mol. The molecule has 1 unspecified atom stereocenters. The van der Waals surface area contributed by atoms with Crippen molar-refractivity contribution in [3.8, 4) is 0 Å². The maximum Gasteiger partial charge on any atom is 0.244 e. The van der Waals surface area contributed by atoms with E-state index in [0.29, 0.717) is 11.3 Å². The van der Waals surface area contributed by atoms with Gasteiger partial charge in [-0.05, 0) is 69.0 Å². The molecule has 1 aromatic carbocycles. The molecular formula is C20H26N2O2. The van der Waals surface area contributed by atoms with Crippen LogP contribution in [0.4, 0.5) is 5.69 Å². The van der Waals surface area contributed by atoms with Gasteiger partial charge in [0.2, 0.25) is 5.91 Å². The van der Waals surface area contributed by atoms with Crippen molar-refractivity contribution < 1.29 is 9.59 Å². The van der Waals surface area contributed by atoms with Gasteiger partial charge in [0, 0.05) is 11.3 Å². The molecule has 0 heterocycles. The number of carbonyl (C=O) groups excluding carboxylic acids is 2. The van der Waals surface area contributed by atoms with E-state index < -0.39 is 11.9 Å². The molecule has 0 saturated heterocycles. The highest BCUT2D eigenvalue weighted by molar-refractivity contribution is 6.00. The number of hydrogen-bond acceptors (Lipinski definition) is 3. The summed E-state index contributed by atoms with van der Waals surface area (Å²) >= 11 is 0. The Balaban J connectivity index is 3.49. The van der Waals surface area contributed by atoms with Crippen molar-refractivity contribution in [3.63, 3.8) is 0 Å². The van der Waals surface area contributed by atoms with E-state index in [0.717, 1.165) is 22.3 Å². The van der Waals surface area contributed by atoms with Crippen molar-refractivity contribution in [2.24, 2.45) is 5.73 Å². The Hall–Kier alpha value is -2.62. The van der Waals surface area contributed by atoms with Crippen LogP contribution in [0.5, 0.6) is 0 Å². The molecule has 4 heteroatoms. The Morgan fingerprint density at radius 1 is 1.25 bits per heavy atom. The fraction of sp³-hybridized carbons (Fsp3) is 0.300. The van der Waals surface area contributed by atoms with Gasteiger partial charge in [0.25, 0.3) is 0 Å². The quantitative estimate of drug-likeness (QED) is 0.589. The first-order valence-corrected chi connectivity index (χ1v) is 7.86. The van der Waals surface area contributed by atoms with Gasteiger partial charge in [-0.15, -0.1) is 0 Å². The number of hydrogen-bond donors (Lipinski definition) is 2. The van der Waals surface area contributed by atoms with E-state index >= 15 is 0 Å². The first-order chi connectivity index (χ1) is 11.2. The molecule has 0 aliphatic rings. The van der Waals surface area contributed by atoms with Crippen molar-refractivity contribution in [2.75, 3.05) is 5.32 Å². The van der Waals surface area contributed by atoms with Crippen molar-refractivity contribution in [2.45, 2.75) is 40.7 Å². The number of aryl methyl sites for hydroxylation is 1. The predicted octanol–water partition coefficient (Wildman–Crippen LogP) is 3.93. The topological polar surface area (TPSA) is 72.2 Å². The van der Waals surface area contributed by atoms with Gasteiger partial charge in [-0.3, -0.25) is 9.59 Å². The van der Waals surface area contributed by atoms with Gasteiger partial charge < -0.3 is 11.1 Å². The minimum absolute atomic E-state index is 0.0746. The Bertz CT molecular complexity index is 727. The maximum absolute atomic E-state index is 12.1. The maximum atomic E-state index is 12.1. The SMILES string of the molecule is C=C/C(C)=C(\C(C)=C/C)C(Nc1cc(C)ccc1C(C)=O)C(N)=O. The normalized spacial score (nSPS) is 13.8. The minimum atomic E-state index is -0.751. The molecule has 128 valence electrons. The van der Waals surface area contributed by atoms with Crippen LogP contribution in [0.25, 0.3) is 0 Å². The number of allylic oxidation sites excluding steroid dienone is 3. The Morgan fingerprint density at radius 2 is 1.88 bits per heavy atom. The van der Waals surface area contributed by atoms with E-state index in [4.69, 9.17) is 5.73 Å². The van der Waals surface area contributed by atoms with E-state index in [1.165, 1.54) is 6.92 Å². The summed E-state index contributed by atoms with van der Waals surface area (Å²) in [7, 11) is 0. The summed E-state index contributed by atoms with van der Waals surface area (Å²) in [5, 5.41) is 3.16. The summed E-state index contributed by atoms with van der Waals surface area (Å²) in [5.41, 5.74) is 10.3. The molecule has 0 aliphatic carbocycles. The zero-order valence-corrected chi connectivity index (χ0v) is 15.1. The number of Topliss-reactive ketones (excluding diaryl/α,β-unsaturated/α-hetero) is 1. The molecule has 0 bridgehead atoms. The van der Waals surface area contributed by atoms with Crippen LogP contribution in [0.1, 0.15) is 43.6 Å². The molecule has 0 saturated carbocycles. The van der Waals surface area contributed by atoms with E-state index in [1.807, 2.05) is 45.9 Å². The highest BCUT2D eigenvalue weighted by Gasteiger charge is 2.24. The third-order valence-corrected chi connectivity index (χ3v) is 4.02. The van der Waals surface area contributed by atoms with Crippen LogP contribution in [-0.2, 0) is 4.79 Å². The molecule has 1 atom stereocenters. The number of primary amides is 1. The van der Waals surface area contributed by atoms with Gasteiger partial charge in [0.15, 0.2) is 5.78 Å². The van der Waals surface area contributed by atoms with E-state index in [2.05, 4.69) is 11.9 Å². The smallest absolute Gasteiger partial charge is 0.244 e. The van der Waals surface area contributed by atoms with Gasteiger partial charge in [-0.1, -0.05) is 24.8 Å². The number of rotatable bonds is 7. The molecule has 0 aliphatic heterocycles. The molecule has 1 aromatic rings. The van der Waals surface area contributed by atoms with Gasteiger partial charge in [0.05, 0.1) is 0 Å². The van der Waals surface area contributed by atoms with Crippen molar-refractivity contribution in [3.05, 3.63) is 64.8 Å². The first kappa shape index (κ1) is 19.4. The molecule has 0 fully saturated rings. The number of amides is 1. The molecule has 0 spiro atoms. The summed E-state index contributed by atoms with van der Waals surface area (Å²) < 4.78 is 0. The van der Waals surface area contributed by atoms with Crippen LogP contribution in [0, 0.1) is 6.92 Å². The molecule has 0 radical (unpaired) electrons. The van der Waals surface area contributed by atoms with Crippen LogP contribution in [-0.4, -0.2) is 17.7 Å². The standard InChI is InChI=1S/C20H26N2O2/c1-7-13(4)18(14(5)8-2)19(20(21)24)22-17-11-12(3)9-10-16(17)15(6)23/h7-11,19,22H,1H2,2-6H3,(H2,21,24)/b14-8-,18-13+. The van der Waals surface area contributed by atoms with Crippen molar-refractivity contribution >= 4 is 17.4 Å². The zero-order valence-electron chi connectivity index (χ0n) is 15.1. The fourth-order valence-electron chi connectivity index (χ4n) is 2.56. The molecule has 1 rings (SSSR count). The Labute approximate surface area is 144 Å². The lowest BCUT2D eigenvalue weighted by Gasteiger charge is -2.24. The van der Waals surface area contributed by atoms with E-state index in [-0.39, 0.29) is 5.78 Å². The number of anilines is 1. The average molecular weight is 326 g/mol. The Kier molecular flexibility index (Phi) is 6.71. The average Bonchev–Trinajstić information content (AvgIpc) is 2.53. The van der Waals surface area contributed by atoms with Gasteiger partial charge in [0.1, 0.15) is 6.04 Å². The lowest BCUT2D eigenvalue weighted by Crippen LogP contribution is -2.38. The van der Waals surface area contributed by atoms with Crippen LogP contribution in [0.3, 0.4) is 0 Å². The molecule has 0 aromatic heterocycles. The summed E-state index contributed by atoms with van der Waals surface area (Å²) in [6.07, 6.45) is 3.62. The summed E-state index contributed by atoms with van der Waals surface area (Å²) in [6.45, 7) is 12.9. The second kappa shape index (κ2) is 8.29. The lowest BCUT2D eigenvalue weighted by atomic mass is 9.93. The Morgan fingerprint density at radius 3 is 2.33 bits per heavy atom. The minimum Gasteiger partial charge on any atom is -0.369 e. The molecular weight excluding hydrogens is 300 g/mol. The largest absolute Gasteiger partial charge is 0.369 e. The van der Waals surface area contributed by atoms with Gasteiger partial charge >= 0.3 is 0 Å². The number of nitrogens with one attached hydrogen (secondary N) is 1. The number of nitrogens with two attached hydrogens (primary N) is 1. The third kappa shape index (κ3) is 4.44. The number of ketones is 1. The second-order valence-corrected chi connectivity index (χ2v) is 5.86. The van der Waals surface area contributed by atoms with Gasteiger partial charge in [-0.25, -0.2) is 0 Å². The number of carbonyl (C=O) groups is 2. The van der Waals surface area contributed by atoms with Crippen LogP contribution in [0.2, 0.25) is 0 Å². The van der Waals surface area contributed by atoms with Crippen molar-refractivity contribution in [1.82, 2.24) is 0 Å². The second-order valence-electron chi connectivity index (χ2n) is 5.86. The van der Waals surface area contributed by atoms with E-state index in [1.54, 1.807) is 12.1 Å². The third-order valence-electron chi connectivity index (χ3n) is 4.02. The molecule has 1 amide bonds. The van der Waals surface area contributed by atoms with Gasteiger partial charge in [-0.2, -0.15) is 0 Å². The highest BCUT2D eigenvalue weighted by Crippen LogP contribution is 2.25. The fourth-order valence-corrected chi connectivity index (χ4v) is 2.56. The van der Waals surface area contributed by atoms with Crippen LogP contribution >= 0.6 is 0 Å². The molecule has 4 nitrogen and oxygen atoms in total. The summed E-state index contributed by atoms with van der Waals surface area (Å²) in [6, 6.07) is 4.71. The lowest BCUT2D eigenvalue weighted by molar-refractivity contribution is -0.118. The first-order valence-electron chi connectivity index (χ1n) is 7.86. The zero-order chi connectivity index (χ0) is 18.4.